The van der Waals surface area contributed by atoms with E-state index in [1.165, 1.54) is 6.33 Å². The van der Waals surface area contributed by atoms with Crippen LogP contribution in [0.3, 0.4) is 0 Å². The summed E-state index contributed by atoms with van der Waals surface area (Å²) in [5.74, 6) is 1.55. The molecule has 7 nitrogen and oxygen atoms in total. The lowest BCUT2D eigenvalue weighted by atomic mass is 9.89. The number of para-hydroxylation sites is 2. The van der Waals surface area contributed by atoms with Gasteiger partial charge in [0.1, 0.15) is 23.6 Å². The predicted octanol–water partition coefficient (Wildman–Crippen LogP) is 7.22. The third-order valence-electron chi connectivity index (χ3n) is 6.86. The quantitative estimate of drug-likeness (QED) is 0.193. The van der Waals surface area contributed by atoms with E-state index in [9.17, 15) is 4.79 Å². The van der Waals surface area contributed by atoms with Crippen LogP contribution in [0, 0.1) is 0 Å². The molecule has 1 amide bonds. The molecule has 6 rings (SSSR count). The number of anilines is 1. The molecule has 1 aromatic heterocycles. The number of hydrogen-bond acceptors (Lipinski definition) is 6. The van der Waals surface area contributed by atoms with Gasteiger partial charge in [-0.2, -0.15) is 0 Å². The third-order valence-corrected chi connectivity index (χ3v) is 7.26. The van der Waals surface area contributed by atoms with Crippen LogP contribution in [0.1, 0.15) is 39.3 Å². The topological polar surface area (TPSA) is 85.4 Å². The van der Waals surface area contributed by atoms with Crippen molar-refractivity contribution >= 4 is 23.3 Å². The summed E-state index contributed by atoms with van der Waals surface area (Å²) in [6, 6.07) is 36.2. The molecule has 1 heterocycles. The lowest BCUT2D eigenvalue weighted by molar-refractivity contribution is 0.102. The van der Waals surface area contributed by atoms with Crippen LogP contribution < -0.4 is 20.1 Å². The number of nitrogens with one attached hydrogen (secondary N) is 2. The van der Waals surface area contributed by atoms with Crippen molar-refractivity contribution in [2.24, 2.45) is 0 Å². The highest BCUT2D eigenvalue weighted by Crippen LogP contribution is 2.45. The second-order valence-electron chi connectivity index (χ2n) is 9.57. The average Bonchev–Trinajstić information content (AvgIpc) is 3.04. The maximum Gasteiger partial charge on any atom is 0.257 e. The molecule has 2 N–H and O–H groups in total. The van der Waals surface area contributed by atoms with Crippen LogP contribution >= 0.6 is 11.6 Å². The highest BCUT2D eigenvalue weighted by Gasteiger charge is 2.36. The first-order chi connectivity index (χ1) is 20.7. The zero-order valence-electron chi connectivity index (χ0n) is 22.5. The molecule has 0 aliphatic heterocycles. The van der Waals surface area contributed by atoms with Crippen LogP contribution in [0.5, 0.6) is 11.5 Å². The Hall–Kier alpha value is -5.14. The Morgan fingerprint density at radius 3 is 2.00 bits per heavy atom. The van der Waals surface area contributed by atoms with Gasteiger partial charge in [0, 0.05) is 29.4 Å². The second kappa shape index (κ2) is 12.6. The van der Waals surface area contributed by atoms with E-state index in [0.29, 0.717) is 40.2 Å². The summed E-state index contributed by atoms with van der Waals surface area (Å²) in [7, 11) is 0. The van der Waals surface area contributed by atoms with Gasteiger partial charge in [-0.05, 0) is 42.0 Å². The van der Waals surface area contributed by atoms with Gasteiger partial charge in [0.05, 0.1) is 10.7 Å². The molecule has 0 saturated carbocycles. The standard InChI is InChI=1S/C34H27ClN4O3/c35-30-31(37-21-23-11-7-8-16-26(23)34(40)39-29-19-20-36-22-38-29)33(42-25-14-5-2-6-15-25)28-18-10-9-17-27(28)32(30)41-24-12-3-1-4-13-24/h1-20,22,32-33,37H,21H2,(H,36,38,39,40). The molecule has 2 atom stereocenters. The van der Waals surface area contributed by atoms with Gasteiger partial charge in [-0.25, -0.2) is 9.97 Å². The molecule has 208 valence electrons. The first-order valence-electron chi connectivity index (χ1n) is 13.5. The average molecular weight is 575 g/mol. The third kappa shape index (κ3) is 5.96. The summed E-state index contributed by atoms with van der Waals surface area (Å²) < 4.78 is 13.0. The molecule has 4 aromatic carbocycles. The minimum atomic E-state index is -0.556. The van der Waals surface area contributed by atoms with Crippen LogP contribution in [-0.4, -0.2) is 15.9 Å². The summed E-state index contributed by atoms with van der Waals surface area (Å²) >= 11 is 7.18. The molecule has 8 heteroatoms. The molecule has 5 aromatic rings. The maximum absolute atomic E-state index is 13.2. The van der Waals surface area contributed by atoms with E-state index in [1.54, 1.807) is 18.3 Å². The molecule has 0 bridgehead atoms. The number of hydrogen-bond donors (Lipinski definition) is 2. The summed E-state index contributed by atoms with van der Waals surface area (Å²) in [6.45, 7) is 0.313. The summed E-state index contributed by atoms with van der Waals surface area (Å²) in [5, 5.41) is 6.82. The van der Waals surface area contributed by atoms with E-state index in [0.717, 1.165) is 16.7 Å². The lowest BCUT2D eigenvalue weighted by Crippen LogP contribution is -2.31. The van der Waals surface area contributed by atoms with Crippen LogP contribution in [0.2, 0.25) is 0 Å². The van der Waals surface area contributed by atoms with Crippen LogP contribution in [0.25, 0.3) is 0 Å². The number of aromatic nitrogens is 2. The number of carbonyl (C=O) groups is 1. The molecule has 0 saturated heterocycles. The molecule has 2 unspecified atom stereocenters. The minimum Gasteiger partial charge on any atom is -0.480 e. The van der Waals surface area contributed by atoms with Crippen molar-refractivity contribution in [3.8, 4) is 11.5 Å². The molecule has 0 spiro atoms. The van der Waals surface area contributed by atoms with Gasteiger partial charge in [0.25, 0.3) is 5.91 Å². The van der Waals surface area contributed by atoms with E-state index in [-0.39, 0.29) is 5.91 Å². The maximum atomic E-state index is 13.2. The fraction of sp³-hybridized carbons (Fsp3) is 0.0882. The van der Waals surface area contributed by atoms with Gasteiger partial charge in [0.2, 0.25) is 0 Å². The Balaban J connectivity index is 1.35. The largest absolute Gasteiger partial charge is 0.480 e. The zero-order chi connectivity index (χ0) is 28.7. The minimum absolute atomic E-state index is 0.275. The van der Waals surface area contributed by atoms with Crippen molar-refractivity contribution in [1.82, 2.24) is 15.3 Å². The number of halogens is 1. The summed E-state index contributed by atoms with van der Waals surface area (Å²) in [5.41, 5.74) is 3.80. The van der Waals surface area contributed by atoms with E-state index in [4.69, 9.17) is 21.1 Å². The number of benzene rings is 4. The van der Waals surface area contributed by atoms with E-state index >= 15 is 0 Å². The predicted molar refractivity (Wildman–Crippen MR) is 162 cm³/mol. The van der Waals surface area contributed by atoms with E-state index in [1.807, 2.05) is 103 Å². The van der Waals surface area contributed by atoms with Gasteiger partial charge >= 0.3 is 0 Å². The fourth-order valence-corrected chi connectivity index (χ4v) is 5.19. The monoisotopic (exact) mass is 574 g/mol. The SMILES string of the molecule is O=C(Nc1ccncn1)c1ccccc1CNC1=C(Cl)C(Oc2ccccc2)c2ccccc2C1Oc1ccccc1. The summed E-state index contributed by atoms with van der Waals surface area (Å²) in [6.07, 6.45) is 1.87. The Morgan fingerprint density at radius 1 is 0.738 bits per heavy atom. The molecule has 1 aliphatic rings. The molecular formula is C34H27ClN4O3. The molecular weight excluding hydrogens is 548 g/mol. The number of amides is 1. The van der Waals surface area contributed by atoms with Gasteiger partial charge in [-0.1, -0.05) is 90.5 Å². The Kier molecular flexibility index (Phi) is 8.10. The van der Waals surface area contributed by atoms with Crippen LogP contribution in [-0.2, 0) is 6.54 Å². The number of ether oxygens (including phenoxy) is 2. The van der Waals surface area contributed by atoms with Gasteiger partial charge < -0.3 is 20.1 Å². The van der Waals surface area contributed by atoms with Crippen molar-refractivity contribution in [3.05, 3.63) is 161 Å². The van der Waals surface area contributed by atoms with Crippen LogP contribution in [0.15, 0.2) is 139 Å². The smallest absolute Gasteiger partial charge is 0.257 e. The lowest BCUT2D eigenvalue weighted by Gasteiger charge is -2.34. The molecule has 1 aliphatic carbocycles. The number of fused-ring (bicyclic) bond motifs is 1. The molecule has 0 radical (unpaired) electrons. The number of nitrogens with zero attached hydrogens (tertiary/aromatic N) is 2. The number of carbonyl (C=O) groups excluding carboxylic acids is 1. The normalized spacial score (nSPS) is 15.8. The first kappa shape index (κ1) is 27.1. The van der Waals surface area contributed by atoms with Crippen molar-refractivity contribution < 1.29 is 14.3 Å². The van der Waals surface area contributed by atoms with E-state index < -0.39 is 12.2 Å². The molecule has 0 fully saturated rings. The highest BCUT2D eigenvalue weighted by atomic mass is 35.5. The Labute approximate surface area is 248 Å². The van der Waals surface area contributed by atoms with Gasteiger partial charge in [0.15, 0.2) is 12.2 Å². The van der Waals surface area contributed by atoms with Crippen molar-refractivity contribution in [2.45, 2.75) is 18.8 Å². The zero-order valence-corrected chi connectivity index (χ0v) is 23.2. The first-order valence-corrected chi connectivity index (χ1v) is 13.9. The van der Waals surface area contributed by atoms with Gasteiger partial charge in [-0.3, -0.25) is 4.79 Å². The van der Waals surface area contributed by atoms with Crippen molar-refractivity contribution in [2.75, 3.05) is 5.32 Å². The van der Waals surface area contributed by atoms with Gasteiger partial charge in [-0.15, -0.1) is 0 Å². The van der Waals surface area contributed by atoms with Crippen molar-refractivity contribution in [3.63, 3.8) is 0 Å². The fourth-order valence-electron chi connectivity index (χ4n) is 4.87. The Morgan fingerprint density at radius 2 is 1.33 bits per heavy atom. The highest BCUT2D eigenvalue weighted by molar-refractivity contribution is 6.30. The van der Waals surface area contributed by atoms with Crippen LogP contribution in [0.4, 0.5) is 5.82 Å². The second-order valence-corrected chi connectivity index (χ2v) is 9.98. The van der Waals surface area contributed by atoms with E-state index in [2.05, 4.69) is 20.6 Å². The van der Waals surface area contributed by atoms with Crippen molar-refractivity contribution in [1.29, 1.82) is 0 Å². The Bertz CT molecular complexity index is 1700. The number of rotatable bonds is 9. The molecule has 42 heavy (non-hydrogen) atoms. The summed E-state index contributed by atoms with van der Waals surface area (Å²) in [4.78, 5) is 21.2.